The Hall–Kier alpha value is -0.640. The molecule has 0 aromatic carbocycles. The molecule has 1 aliphatic heterocycles. The van der Waals surface area contributed by atoms with Crippen LogP contribution in [0.15, 0.2) is 12.7 Å². The van der Waals surface area contributed by atoms with E-state index >= 15 is 0 Å². The van der Waals surface area contributed by atoms with E-state index in [2.05, 4.69) is 6.58 Å². The van der Waals surface area contributed by atoms with Crippen LogP contribution in [0, 0.1) is 5.92 Å². The van der Waals surface area contributed by atoms with Gasteiger partial charge in [0, 0.05) is 12.3 Å². The summed E-state index contributed by atoms with van der Waals surface area (Å²) in [6, 6.07) is 0. The Morgan fingerprint density at radius 3 is 2.67 bits per heavy atom. The van der Waals surface area contributed by atoms with Crippen LogP contribution in [0.3, 0.4) is 0 Å². The van der Waals surface area contributed by atoms with Gasteiger partial charge in [0.25, 0.3) is 0 Å². The predicted octanol–water partition coefficient (Wildman–Crippen LogP) is 0.566. The lowest BCUT2D eigenvalue weighted by Gasteiger charge is -2.02. The monoisotopic (exact) mass is 188 g/mol. The Labute approximate surface area is 72.4 Å². The van der Waals surface area contributed by atoms with Gasteiger partial charge in [0.05, 0.1) is 11.5 Å². The molecular formula is C8H12O3S. The van der Waals surface area contributed by atoms with Crippen LogP contribution < -0.4 is 0 Å². The number of carbonyl (C=O) groups excluding carboxylic acids is 1. The molecule has 1 rings (SSSR count). The molecule has 0 N–H and O–H groups in total. The van der Waals surface area contributed by atoms with Crippen LogP contribution in [0.4, 0.5) is 0 Å². The largest absolute Gasteiger partial charge is 0.299 e. The summed E-state index contributed by atoms with van der Waals surface area (Å²) in [5.41, 5.74) is 0. The van der Waals surface area contributed by atoms with E-state index in [0.29, 0.717) is 12.8 Å². The third-order valence-corrected chi connectivity index (χ3v) is 3.80. The Balaban J connectivity index is 2.58. The maximum atomic E-state index is 11.2. The van der Waals surface area contributed by atoms with Gasteiger partial charge in [0.2, 0.25) is 0 Å². The minimum Gasteiger partial charge on any atom is -0.299 e. The average molecular weight is 188 g/mol. The van der Waals surface area contributed by atoms with E-state index in [-0.39, 0.29) is 23.2 Å². The summed E-state index contributed by atoms with van der Waals surface area (Å²) >= 11 is 0. The third-order valence-electron chi connectivity index (χ3n) is 2.03. The fraction of sp³-hybridized carbons (Fsp3) is 0.625. The second-order valence-corrected chi connectivity index (χ2v) is 5.29. The highest BCUT2D eigenvalue weighted by atomic mass is 32.2. The zero-order valence-corrected chi connectivity index (χ0v) is 7.64. The van der Waals surface area contributed by atoms with Gasteiger partial charge < -0.3 is 0 Å². The van der Waals surface area contributed by atoms with Crippen LogP contribution in [-0.4, -0.2) is 25.7 Å². The van der Waals surface area contributed by atoms with E-state index in [4.69, 9.17) is 0 Å². The van der Waals surface area contributed by atoms with Crippen molar-refractivity contribution < 1.29 is 13.2 Å². The standard InChI is InChI=1S/C8H12O3S/c1-2-3-8(9)7-4-5-12(10,11)6-7/h2,7H,1,3-6H2. The quantitative estimate of drug-likeness (QED) is 0.608. The molecule has 0 spiro atoms. The third kappa shape index (κ3) is 2.17. The summed E-state index contributed by atoms with van der Waals surface area (Å²) in [7, 11) is -2.91. The first-order valence-electron chi connectivity index (χ1n) is 3.89. The van der Waals surface area contributed by atoms with Crippen LogP contribution in [0.5, 0.6) is 0 Å². The van der Waals surface area contributed by atoms with Gasteiger partial charge in [0.15, 0.2) is 9.84 Å². The number of Topliss-reactive ketones (excluding diaryl/α,β-unsaturated/α-hetero) is 1. The molecule has 12 heavy (non-hydrogen) atoms. The van der Waals surface area contributed by atoms with Crippen LogP contribution in [0.2, 0.25) is 0 Å². The summed E-state index contributed by atoms with van der Waals surface area (Å²) in [5, 5.41) is 0. The van der Waals surface area contributed by atoms with Gasteiger partial charge in [-0.15, -0.1) is 6.58 Å². The first-order valence-corrected chi connectivity index (χ1v) is 5.71. The molecule has 0 radical (unpaired) electrons. The van der Waals surface area contributed by atoms with E-state index in [9.17, 15) is 13.2 Å². The number of carbonyl (C=O) groups is 1. The molecule has 1 unspecified atom stereocenters. The number of hydrogen-bond donors (Lipinski definition) is 0. The van der Waals surface area contributed by atoms with Gasteiger partial charge in [-0.3, -0.25) is 4.79 Å². The van der Waals surface area contributed by atoms with Gasteiger partial charge in [-0.05, 0) is 6.42 Å². The molecule has 1 fully saturated rings. The van der Waals surface area contributed by atoms with Crippen molar-refractivity contribution in [3.8, 4) is 0 Å². The first-order chi connectivity index (χ1) is 5.55. The molecule has 1 saturated heterocycles. The predicted molar refractivity (Wildman–Crippen MR) is 46.6 cm³/mol. The summed E-state index contributed by atoms with van der Waals surface area (Å²) in [6.07, 6.45) is 2.31. The van der Waals surface area contributed by atoms with Gasteiger partial charge in [-0.1, -0.05) is 6.08 Å². The number of sulfone groups is 1. The second-order valence-electron chi connectivity index (χ2n) is 3.06. The van der Waals surface area contributed by atoms with E-state index < -0.39 is 9.84 Å². The Morgan fingerprint density at radius 2 is 2.25 bits per heavy atom. The van der Waals surface area contributed by atoms with Gasteiger partial charge in [-0.2, -0.15) is 0 Å². The zero-order valence-electron chi connectivity index (χ0n) is 6.82. The van der Waals surface area contributed by atoms with E-state index in [0.717, 1.165) is 0 Å². The number of hydrogen-bond acceptors (Lipinski definition) is 3. The van der Waals surface area contributed by atoms with Crippen molar-refractivity contribution in [1.82, 2.24) is 0 Å². The minimum absolute atomic E-state index is 0.00563. The van der Waals surface area contributed by atoms with E-state index in [1.807, 2.05) is 0 Å². The average Bonchev–Trinajstić information content (AvgIpc) is 2.31. The lowest BCUT2D eigenvalue weighted by Crippen LogP contribution is -2.14. The smallest absolute Gasteiger partial charge is 0.151 e. The van der Waals surface area contributed by atoms with E-state index in [1.165, 1.54) is 6.08 Å². The summed E-state index contributed by atoms with van der Waals surface area (Å²) in [6.45, 7) is 3.44. The normalized spacial score (nSPS) is 26.8. The van der Waals surface area contributed by atoms with Crippen molar-refractivity contribution in [3.05, 3.63) is 12.7 Å². The number of ketones is 1. The molecule has 0 saturated carbocycles. The summed E-state index contributed by atoms with van der Waals surface area (Å²) in [5.74, 6) is -0.0562. The van der Waals surface area contributed by atoms with E-state index in [1.54, 1.807) is 0 Å². The second kappa shape index (κ2) is 3.39. The SMILES string of the molecule is C=CCC(=O)C1CCS(=O)(=O)C1. The highest BCUT2D eigenvalue weighted by Crippen LogP contribution is 2.20. The zero-order chi connectivity index (χ0) is 9.19. The molecule has 68 valence electrons. The topological polar surface area (TPSA) is 51.2 Å². The summed E-state index contributed by atoms with van der Waals surface area (Å²) < 4.78 is 21.9. The molecule has 3 nitrogen and oxygen atoms in total. The molecule has 0 amide bonds. The maximum Gasteiger partial charge on any atom is 0.151 e. The van der Waals surface area contributed by atoms with Crippen molar-refractivity contribution in [2.24, 2.45) is 5.92 Å². The minimum atomic E-state index is -2.91. The van der Waals surface area contributed by atoms with Crippen LogP contribution >= 0.6 is 0 Å². The number of allylic oxidation sites excluding steroid dienone is 1. The lowest BCUT2D eigenvalue weighted by molar-refractivity contribution is -0.121. The lowest BCUT2D eigenvalue weighted by atomic mass is 10.0. The number of rotatable bonds is 3. The van der Waals surface area contributed by atoms with Crippen molar-refractivity contribution in [2.45, 2.75) is 12.8 Å². The molecule has 1 heterocycles. The molecular weight excluding hydrogens is 176 g/mol. The molecule has 0 aromatic rings. The van der Waals surface area contributed by atoms with Crippen LogP contribution in [0.25, 0.3) is 0 Å². The molecule has 0 aromatic heterocycles. The molecule has 4 heteroatoms. The van der Waals surface area contributed by atoms with Gasteiger partial charge in [0.1, 0.15) is 5.78 Å². The Kier molecular flexibility index (Phi) is 2.67. The van der Waals surface area contributed by atoms with Crippen molar-refractivity contribution in [1.29, 1.82) is 0 Å². The van der Waals surface area contributed by atoms with Gasteiger partial charge in [-0.25, -0.2) is 8.42 Å². The van der Waals surface area contributed by atoms with Crippen molar-refractivity contribution in [3.63, 3.8) is 0 Å². The maximum absolute atomic E-state index is 11.2. The van der Waals surface area contributed by atoms with Crippen LogP contribution in [0.1, 0.15) is 12.8 Å². The van der Waals surface area contributed by atoms with Crippen LogP contribution in [-0.2, 0) is 14.6 Å². The molecule has 1 aliphatic rings. The highest BCUT2D eigenvalue weighted by molar-refractivity contribution is 7.91. The molecule has 1 atom stereocenters. The first kappa shape index (κ1) is 9.45. The van der Waals surface area contributed by atoms with Gasteiger partial charge >= 0.3 is 0 Å². The van der Waals surface area contributed by atoms with Crippen molar-refractivity contribution >= 4 is 15.6 Å². The fourth-order valence-electron chi connectivity index (χ4n) is 1.36. The Bertz CT molecular complexity index is 289. The Morgan fingerprint density at radius 1 is 1.58 bits per heavy atom. The molecule has 0 bridgehead atoms. The van der Waals surface area contributed by atoms with Crippen molar-refractivity contribution in [2.75, 3.05) is 11.5 Å². The molecule has 0 aliphatic carbocycles. The highest BCUT2D eigenvalue weighted by Gasteiger charge is 2.31. The fourth-order valence-corrected chi connectivity index (χ4v) is 3.13. The summed E-state index contributed by atoms with van der Waals surface area (Å²) in [4.78, 5) is 11.2.